The Labute approximate surface area is 147 Å². The Kier molecular flexibility index (Phi) is 8.50. The van der Waals surface area contributed by atoms with Gasteiger partial charge in [0.15, 0.2) is 0 Å². The maximum absolute atomic E-state index is 12.2. The summed E-state index contributed by atoms with van der Waals surface area (Å²) in [4.78, 5) is 2.23. The van der Waals surface area contributed by atoms with E-state index in [0.29, 0.717) is 11.6 Å². The molecule has 1 unspecified atom stereocenters. The molecule has 1 aliphatic rings. The molecule has 4 nitrogen and oxygen atoms in total. The van der Waals surface area contributed by atoms with E-state index >= 15 is 0 Å². The van der Waals surface area contributed by atoms with Crippen molar-refractivity contribution >= 4 is 0 Å². The van der Waals surface area contributed by atoms with Crippen molar-refractivity contribution in [1.82, 2.24) is 15.5 Å². The Morgan fingerprint density at radius 1 is 1.29 bits per heavy atom. The molecule has 1 heterocycles. The lowest BCUT2D eigenvalue weighted by Gasteiger charge is -2.52. The number of halogens is 1. The van der Waals surface area contributed by atoms with Gasteiger partial charge in [0.1, 0.15) is 6.67 Å². The van der Waals surface area contributed by atoms with E-state index in [1.807, 2.05) is 7.05 Å². The number of hydrogen-bond donors (Lipinski definition) is 3. The summed E-state index contributed by atoms with van der Waals surface area (Å²) in [7, 11) is 1.98. The molecule has 0 bridgehead atoms. The summed E-state index contributed by atoms with van der Waals surface area (Å²) in [6.07, 6.45) is 5.49. The molecule has 5 heteroatoms. The van der Waals surface area contributed by atoms with E-state index in [2.05, 4.69) is 42.5 Å². The Morgan fingerprint density at radius 2 is 1.92 bits per heavy atom. The van der Waals surface area contributed by atoms with Crippen LogP contribution in [-0.4, -0.2) is 50.8 Å². The van der Waals surface area contributed by atoms with Crippen LogP contribution in [0.5, 0.6) is 0 Å². The molecule has 1 aliphatic heterocycles. The van der Waals surface area contributed by atoms with Crippen molar-refractivity contribution in [2.24, 2.45) is 17.1 Å². The van der Waals surface area contributed by atoms with Gasteiger partial charge in [-0.15, -0.1) is 0 Å². The summed E-state index contributed by atoms with van der Waals surface area (Å²) < 4.78 is 12.2. The summed E-state index contributed by atoms with van der Waals surface area (Å²) in [6, 6.07) is 0.157. The minimum Gasteiger partial charge on any atom is -0.401 e. The third-order valence-electron chi connectivity index (χ3n) is 4.85. The standard InChI is InChI=1S/C19H35FN4/c1-15(2)18(17(4)21)23-12-9-19(8-11-22-5)13-24(14-19)16(3)7-6-10-20/h6-7,15,18,22-23H,3-4,8-14,21H2,1-2,5H3/b7-6+. The lowest BCUT2D eigenvalue weighted by Crippen LogP contribution is -2.57. The summed E-state index contributed by atoms with van der Waals surface area (Å²) in [5.74, 6) is 0.430. The van der Waals surface area contributed by atoms with Gasteiger partial charge in [-0.05, 0) is 45.0 Å². The van der Waals surface area contributed by atoms with Crippen LogP contribution >= 0.6 is 0 Å². The molecule has 1 saturated heterocycles. The SMILES string of the molecule is C=C(N)C(NCCC1(CCNC)CN(C(=C)/C=C/CF)C1)C(C)C. The van der Waals surface area contributed by atoms with E-state index in [1.54, 1.807) is 6.08 Å². The van der Waals surface area contributed by atoms with Crippen molar-refractivity contribution in [3.05, 3.63) is 36.7 Å². The lowest BCUT2D eigenvalue weighted by molar-refractivity contribution is 0.0169. The maximum Gasteiger partial charge on any atom is 0.108 e. The first-order valence-corrected chi connectivity index (χ1v) is 8.84. The second kappa shape index (κ2) is 9.84. The van der Waals surface area contributed by atoms with E-state index in [9.17, 15) is 4.39 Å². The Bertz CT molecular complexity index is 439. The molecule has 24 heavy (non-hydrogen) atoms. The molecule has 0 aliphatic carbocycles. The molecular weight excluding hydrogens is 303 g/mol. The molecule has 1 fully saturated rings. The van der Waals surface area contributed by atoms with Crippen LogP contribution in [0.4, 0.5) is 4.39 Å². The number of nitrogens with one attached hydrogen (secondary N) is 2. The summed E-state index contributed by atoms with van der Waals surface area (Å²) in [5.41, 5.74) is 7.78. The number of likely N-dealkylation sites (tertiary alicyclic amines) is 1. The summed E-state index contributed by atoms with van der Waals surface area (Å²) >= 11 is 0. The van der Waals surface area contributed by atoms with Crippen LogP contribution in [0.1, 0.15) is 26.7 Å². The van der Waals surface area contributed by atoms with E-state index < -0.39 is 6.67 Å². The highest BCUT2D eigenvalue weighted by atomic mass is 19.1. The van der Waals surface area contributed by atoms with Crippen LogP contribution in [0.2, 0.25) is 0 Å². The molecule has 0 aromatic carbocycles. The van der Waals surface area contributed by atoms with Gasteiger partial charge in [-0.2, -0.15) is 0 Å². The zero-order valence-corrected chi connectivity index (χ0v) is 15.6. The van der Waals surface area contributed by atoms with Gasteiger partial charge in [-0.25, -0.2) is 4.39 Å². The molecule has 4 N–H and O–H groups in total. The third kappa shape index (κ3) is 5.95. The molecule has 138 valence electrons. The molecule has 0 aromatic heterocycles. The van der Waals surface area contributed by atoms with Gasteiger partial charge in [-0.3, -0.25) is 0 Å². The van der Waals surface area contributed by atoms with Crippen LogP contribution in [-0.2, 0) is 0 Å². The van der Waals surface area contributed by atoms with Gasteiger partial charge in [0.05, 0.1) is 0 Å². The van der Waals surface area contributed by atoms with Crippen molar-refractivity contribution in [2.45, 2.75) is 32.7 Å². The number of allylic oxidation sites excluding steroid dienone is 2. The average Bonchev–Trinajstić information content (AvgIpc) is 2.49. The fraction of sp³-hybridized carbons (Fsp3) is 0.684. The third-order valence-corrected chi connectivity index (χ3v) is 4.85. The number of nitrogens with two attached hydrogens (primary N) is 1. The molecule has 0 radical (unpaired) electrons. The fourth-order valence-corrected chi connectivity index (χ4v) is 3.37. The first kappa shape index (κ1) is 20.7. The predicted octanol–water partition coefficient (Wildman–Crippen LogP) is 2.41. The monoisotopic (exact) mass is 338 g/mol. The first-order chi connectivity index (χ1) is 11.3. The van der Waals surface area contributed by atoms with Crippen molar-refractivity contribution in [3.63, 3.8) is 0 Å². The number of rotatable bonds is 12. The van der Waals surface area contributed by atoms with Gasteiger partial charge < -0.3 is 21.3 Å². The van der Waals surface area contributed by atoms with Crippen LogP contribution in [0.3, 0.4) is 0 Å². The van der Waals surface area contributed by atoms with Crippen LogP contribution < -0.4 is 16.4 Å². The normalized spacial score (nSPS) is 18.0. The second-order valence-electron chi connectivity index (χ2n) is 7.26. The van der Waals surface area contributed by atoms with Gasteiger partial charge in [0.25, 0.3) is 0 Å². The first-order valence-electron chi connectivity index (χ1n) is 8.84. The molecule has 0 spiro atoms. The van der Waals surface area contributed by atoms with E-state index in [-0.39, 0.29) is 11.5 Å². The van der Waals surface area contributed by atoms with Crippen LogP contribution in [0.15, 0.2) is 36.7 Å². The van der Waals surface area contributed by atoms with Crippen molar-refractivity contribution < 1.29 is 4.39 Å². The number of nitrogens with zero attached hydrogens (tertiary/aromatic N) is 1. The van der Waals surface area contributed by atoms with Crippen molar-refractivity contribution in [2.75, 3.05) is 39.9 Å². The predicted molar refractivity (Wildman–Crippen MR) is 101 cm³/mol. The van der Waals surface area contributed by atoms with Crippen molar-refractivity contribution in [1.29, 1.82) is 0 Å². The zero-order valence-electron chi connectivity index (χ0n) is 15.6. The topological polar surface area (TPSA) is 53.3 Å². The Hall–Kier alpha value is -1.33. The highest BCUT2D eigenvalue weighted by Gasteiger charge is 2.42. The lowest BCUT2D eigenvalue weighted by atomic mass is 9.73. The minimum atomic E-state index is -0.443. The number of hydrogen-bond acceptors (Lipinski definition) is 4. The zero-order chi connectivity index (χ0) is 18.2. The Balaban J connectivity index is 2.54. The largest absolute Gasteiger partial charge is 0.401 e. The van der Waals surface area contributed by atoms with E-state index in [4.69, 9.17) is 5.73 Å². The number of alkyl halides is 1. The van der Waals surface area contributed by atoms with Gasteiger partial charge >= 0.3 is 0 Å². The summed E-state index contributed by atoms with van der Waals surface area (Å²) in [6.45, 7) is 15.6. The van der Waals surface area contributed by atoms with Gasteiger partial charge in [0, 0.05) is 35.9 Å². The summed E-state index contributed by atoms with van der Waals surface area (Å²) in [5, 5.41) is 6.79. The molecule has 0 amide bonds. The van der Waals surface area contributed by atoms with Crippen LogP contribution in [0, 0.1) is 11.3 Å². The molecule has 0 aromatic rings. The van der Waals surface area contributed by atoms with E-state index in [0.717, 1.165) is 44.7 Å². The van der Waals surface area contributed by atoms with Gasteiger partial charge in [0.2, 0.25) is 0 Å². The average molecular weight is 339 g/mol. The quantitative estimate of drug-likeness (QED) is 0.478. The minimum absolute atomic E-state index is 0.157. The maximum atomic E-state index is 12.2. The van der Waals surface area contributed by atoms with E-state index in [1.165, 1.54) is 6.08 Å². The van der Waals surface area contributed by atoms with Gasteiger partial charge in [-0.1, -0.05) is 33.1 Å². The smallest absolute Gasteiger partial charge is 0.108 e. The highest BCUT2D eigenvalue weighted by Crippen LogP contribution is 2.39. The molecular formula is C19H35FN4. The highest BCUT2D eigenvalue weighted by molar-refractivity contribution is 5.18. The Morgan fingerprint density at radius 3 is 2.42 bits per heavy atom. The van der Waals surface area contributed by atoms with Crippen molar-refractivity contribution in [3.8, 4) is 0 Å². The molecule has 0 saturated carbocycles. The fourth-order valence-electron chi connectivity index (χ4n) is 3.37. The molecule has 1 atom stereocenters. The molecule has 1 rings (SSSR count). The van der Waals surface area contributed by atoms with Crippen LogP contribution in [0.25, 0.3) is 0 Å². The second-order valence-corrected chi connectivity index (χ2v) is 7.26.